The number of nitrogens with one attached hydrogen (secondary N) is 3. The van der Waals surface area contributed by atoms with Gasteiger partial charge in [0.25, 0.3) is 5.91 Å². The number of carbonyl (C=O) groups is 4. The van der Waals surface area contributed by atoms with Gasteiger partial charge >= 0.3 is 17.7 Å². The number of thioether (sulfide) groups is 2. The second kappa shape index (κ2) is 11.1. The highest BCUT2D eigenvalue weighted by Crippen LogP contribution is 2.41. The van der Waals surface area contributed by atoms with Crippen LogP contribution in [-0.4, -0.2) is 86.5 Å². The second-order valence-corrected chi connectivity index (χ2v) is 12.2. The Balaban J connectivity index is 1.11. The number of amides is 3. The predicted octanol–water partition coefficient (Wildman–Crippen LogP) is 1.07. The zero-order valence-corrected chi connectivity index (χ0v) is 24.1. The van der Waals surface area contributed by atoms with Crippen LogP contribution in [0.15, 0.2) is 56.9 Å². The molecule has 1 fully saturated rings. The quantitative estimate of drug-likeness (QED) is 0.161. The zero-order valence-electron chi connectivity index (χ0n) is 21.6. The molecule has 3 amide bonds. The second-order valence-electron chi connectivity index (χ2n) is 9.25. The van der Waals surface area contributed by atoms with Crippen LogP contribution in [0.5, 0.6) is 0 Å². The number of tetrazole rings is 1. The SMILES string of the molecule is Cn1nnnc1SCC1=C(C(=O)O)N2C(=O)C(NC(=O)Cc3ccsc3NC(=O)n3c(=O)[nH]c4ccccc43)[C@H]2SC1. The molecule has 42 heavy (non-hydrogen) atoms. The summed E-state index contributed by atoms with van der Waals surface area (Å²) in [6, 6.07) is 6.87. The van der Waals surface area contributed by atoms with Crippen LogP contribution in [0.1, 0.15) is 5.56 Å². The first-order chi connectivity index (χ1) is 20.2. The van der Waals surface area contributed by atoms with Crippen LogP contribution < -0.4 is 16.3 Å². The third-order valence-electron chi connectivity index (χ3n) is 6.63. The molecule has 6 rings (SSSR count). The van der Waals surface area contributed by atoms with E-state index in [4.69, 9.17) is 0 Å². The van der Waals surface area contributed by atoms with Crippen LogP contribution in [0.2, 0.25) is 0 Å². The molecule has 2 aliphatic rings. The standard InChI is InChI=1S/C24H21N9O6S3/c1-31-24(28-29-30-31)42-10-12-9-41-20-16(19(35)33(20)17(12)21(36)37)26-15(34)8-11-6-7-40-18(11)27-23(39)32-14-5-3-2-4-13(14)25-22(32)38/h2-7,16,20H,8-10H2,1H3,(H,25,38)(H,26,34)(H,27,39)(H,36,37)/t16?,20-/m1/s1. The highest BCUT2D eigenvalue weighted by molar-refractivity contribution is 8.01. The predicted molar refractivity (Wildman–Crippen MR) is 154 cm³/mol. The molecule has 2 atom stereocenters. The van der Waals surface area contributed by atoms with E-state index in [9.17, 15) is 29.1 Å². The van der Waals surface area contributed by atoms with Crippen LogP contribution in [0, 0.1) is 0 Å². The lowest BCUT2D eigenvalue weighted by Crippen LogP contribution is -2.70. The number of carboxylic acids is 1. The average Bonchev–Trinajstić information content (AvgIpc) is 3.67. The summed E-state index contributed by atoms with van der Waals surface area (Å²) in [7, 11) is 1.67. The van der Waals surface area contributed by atoms with Gasteiger partial charge in [-0.05, 0) is 45.1 Å². The summed E-state index contributed by atoms with van der Waals surface area (Å²) in [6.07, 6.45) is -0.141. The lowest BCUT2D eigenvalue weighted by Gasteiger charge is -2.49. The molecule has 0 spiro atoms. The Kier molecular flexibility index (Phi) is 7.33. The zero-order chi connectivity index (χ0) is 29.5. The van der Waals surface area contributed by atoms with Crippen LogP contribution in [0.25, 0.3) is 11.0 Å². The lowest BCUT2D eigenvalue weighted by molar-refractivity contribution is -0.150. The maximum Gasteiger partial charge on any atom is 0.352 e. The van der Waals surface area contributed by atoms with Gasteiger partial charge in [0.2, 0.25) is 11.1 Å². The number of fused-ring (bicyclic) bond motifs is 2. The molecule has 18 heteroatoms. The number of β-lactam (4-membered cyclic amide) rings is 1. The number of para-hydroxylation sites is 2. The first kappa shape index (κ1) is 27.7. The lowest BCUT2D eigenvalue weighted by atomic mass is 10.0. The number of imidazole rings is 1. The number of aromatic nitrogens is 6. The van der Waals surface area contributed by atoms with Crippen molar-refractivity contribution in [1.82, 2.24) is 40.0 Å². The minimum atomic E-state index is -1.22. The van der Waals surface area contributed by atoms with Crippen molar-refractivity contribution in [1.29, 1.82) is 0 Å². The minimum absolute atomic E-state index is 0.0905. The van der Waals surface area contributed by atoms with Gasteiger partial charge in [-0.3, -0.25) is 19.8 Å². The van der Waals surface area contributed by atoms with Crippen molar-refractivity contribution >= 4 is 74.7 Å². The van der Waals surface area contributed by atoms with E-state index in [-0.39, 0.29) is 17.9 Å². The number of carboxylic acid groups (broad SMARTS) is 1. The Labute approximate surface area is 248 Å². The molecule has 2 aliphatic heterocycles. The number of thiophene rings is 1. The maximum absolute atomic E-state index is 13.0. The number of H-pyrrole nitrogens is 1. The van der Waals surface area contributed by atoms with Gasteiger partial charge < -0.3 is 15.4 Å². The summed E-state index contributed by atoms with van der Waals surface area (Å²) in [6.45, 7) is 0. The number of aromatic amines is 1. The summed E-state index contributed by atoms with van der Waals surface area (Å²) >= 11 is 3.82. The number of carbonyl (C=O) groups excluding carboxylic acids is 3. The molecular weight excluding hydrogens is 607 g/mol. The van der Waals surface area contributed by atoms with Gasteiger partial charge in [-0.1, -0.05) is 23.9 Å². The molecule has 216 valence electrons. The topological polar surface area (TPSA) is 197 Å². The Hall–Kier alpha value is -4.42. The highest BCUT2D eigenvalue weighted by atomic mass is 32.2. The van der Waals surface area contributed by atoms with Crippen molar-refractivity contribution in [3.8, 4) is 0 Å². The number of nitrogens with zero attached hydrogens (tertiary/aromatic N) is 6. The molecule has 3 aromatic heterocycles. The number of hydrogen-bond donors (Lipinski definition) is 4. The van der Waals surface area contributed by atoms with Crippen molar-refractivity contribution in [3.05, 3.63) is 63.0 Å². The van der Waals surface area contributed by atoms with E-state index < -0.39 is 40.9 Å². The van der Waals surface area contributed by atoms with E-state index in [1.165, 1.54) is 44.4 Å². The Morgan fingerprint density at radius 3 is 2.79 bits per heavy atom. The van der Waals surface area contributed by atoms with Gasteiger partial charge in [0.05, 0.1) is 17.5 Å². The first-order valence-corrected chi connectivity index (χ1v) is 15.3. The van der Waals surface area contributed by atoms with Gasteiger partial charge in [-0.15, -0.1) is 28.2 Å². The number of rotatable bonds is 8. The molecule has 5 heterocycles. The summed E-state index contributed by atoms with van der Waals surface area (Å²) in [4.78, 5) is 67.2. The molecule has 4 aromatic rings. The molecule has 1 unspecified atom stereocenters. The fourth-order valence-corrected chi connectivity index (χ4v) is 7.82. The fourth-order valence-electron chi connectivity index (χ4n) is 4.68. The summed E-state index contributed by atoms with van der Waals surface area (Å²) < 4.78 is 2.45. The van der Waals surface area contributed by atoms with E-state index in [2.05, 4.69) is 31.1 Å². The summed E-state index contributed by atoms with van der Waals surface area (Å²) in [5.74, 6) is -1.57. The van der Waals surface area contributed by atoms with E-state index in [0.29, 0.717) is 38.1 Å². The Bertz CT molecular complexity index is 1840. The Morgan fingerprint density at radius 1 is 1.21 bits per heavy atom. The summed E-state index contributed by atoms with van der Waals surface area (Å²) in [5, 5.41) is 28.5. The van der Waals surface area contributed by atoms with Crippen LogP contribution in [-0.2, 0) is 27.9 Å². The Morgan fingerprint density at radius 2 is 2.02 bits per heavy atom. The largest absolute Gasteiger partial charge is 0.477 e. The minimum Gasteiger partial charge on any atom is -0.477 e. The molecule has 1 saturated heterocycles. The monoisotopic (exact) mass is 627 g/mol. The normalized spacial score (nSPS) is 18.1. The number of benzene rings is 1. The van der Waals surface area contributed by atoms with Gasteiger partial charge in [-0.25, -0.2) is 23.6 Å². The van der Waals surface area contributed by atoms with Crippen molar-refractivity contribution in [3.63, 3.8) is 0 Å². The van der Waals surface area contributed by atoms with Crippen LogP contribution in [0.3, 0.4) is 0 Å². The number of aliphatic carboxylic acids is 1. The molecular formula is C24H21N9O6S3. The van der Waals surface area contributed by atoms with E-state index in [0.717, 1.165) is 4.57 Å². The van der Waals surface area contributed by atoms with E-state index in [1.807, 2.05) is 0 Å². The van der Waals surface area contributed by atoms with Crippen LogP contribution in [0.4, 0.5) is 9.80 Å². The van der Waals surface area contributed by atoms with Crippen molar-refractivity contribution in [2.75, 3.05) is 16.8 Å². The van der Waals surface area contributed by atoms with Crippen molar-refractivity contribution < 1.29 is 24.3 Å². The average molecular weight is 628 g/mol. The number of hydrogen-bond acceptors (Lipinski definition) is 11. The molecule has 4 N–H and O–H groups in total. The van der Waals surface area contributed by atoms with Crippen LogP contribution >= 0.6 is 34.9 Å². The molecule has 15 nitrogen and oxygen atoms in total. The molecule has 0 bridgehead atoms. The van der Waals surface area contributed by atoms with E-state index >= 15 is 0 Å². The number of aryl methyl sites for hydroxylation is 1. The molecule has 0 saturated carbocycles. The van der Waals surface area contributed by atoms with Crippen molar-refractivity contribution in [2.45, 2.75) is 23.0 Å². The van der Waals surface area contributed by atoms with E-state index in [1.54, 1.807) is 42.8 Å². The fraction of sp³-hybridized carbons (Fsp3) is 0.250. The maximum atomic E-state index is 13.0. The first-order valence-electron chi connectivity index (χ1n) is 12.3. The van der Waals surface area contributed by atoms with Gasteiger partial charge in [0.1, 0.15) is 22.1 Å². The number of anilines is 1. The van der Waals surface area contributed by atoms with Gasteiger partial charge in [-0.2, -0.15) is 0 Å². The molecule has 1 aromatic carbocycles. The smallest absolute Gasteiger partial charge is 0.352 e. The summed E-state index contributed by atoms with van der Waals surface area (Å²) in [5.41, 5.74) is 1.30. The van der Waals surface area contributed by atoms with Gasteiger partial charge in [0.15, 0.2) is 0 Å². The molecule has 0 radical (unpaired) electrons. The van der Waals surface area contributed by atoms with Gasteiger partial charge in [0, 0.05) is 18.6 Å². The third-order valence-corrected chi connectivity index (χ3v) is 9.94. The van der Waals surface area contributed by atoms with Crippen molar-refractivity contribution in [2.24, 2.45) is 7.05 Å². The third kappa shape index (κ3) is 4.96. The molecule has 0 aliphatic carbocycles. The highest BCUT2D eigenvalue weighted by Gasteiger charge is 2.54.